The summed E-state index contributed by atoms with van der Waals surface area (Å²) in [6, 6.07) is 0. The first-order valence-corrected chi connectivity index (χ1v) is 8.00. The quantitative estimate of drug-likeness (QED) is 0.484. The van der Waals surface area contributed by atoms with Crippen LogP contribution in [-0.4, -0.2) is 58.7 Å². The average Bonchev–Trinajstić information content (AvgIpc) is 2.99. The molecule has 1 unspecified atom stereocenters. The Morgan fingerprint density at radius 1 is 1.61 bits per heavy atom. The number of rotatable bonds is 4. The third-order valence-electron chi connectivity index (χ3n) is 3.85. The third-order valence-corrected chi connectivity index (χ3v) is 4.30. The number of hydrogen-bond acceptors (Lipinski definition) is 9. The molecule has 2 aliphatic rings. The van der Waals surface area contributed by atoms with Crippen molar-refractivity contribution in [3.05, 3.63) is 10.4 Å². The molecule has 1 aromatic rings. The Morgan fingerprint density at radius 2 is 2.35 bits per heavy atom. The molecule has 0 aromatic carbocycles. The molecule has 12 heteroatoms. The Bertz CT molecular complexity index is 683. The minimum atomic E-state index is -2.81. The number of nitrogens with one attached hydrogen (secondary N) is 1. The van der Waals surface area contributed by atoms with Crippen LogP contribution in [0.2, 0.25) is 0 Å². The van der Waals surface area contributed by atoms with E-state index in [9.17, 15) is 14.5 Å². The van der Waals surface area contributed by atoms with Crippen molar-refractivity contribution in [2.24, 2.45) is 0 Å². The van der Waals surface area contributed by atoms with E-state index in [1.807, 2.05) is 0 Å². The predicted octanol–water partition coefficient (Wildman–Crippen LogP) is -1.29. The predicted molar refractivity (Wildman–Crippen MR) is 80.1 cm³/mol. The maximum atomic E-state index is 12.0. The van der Waals surface area contributed by atoms with Crippen LogP contribution >= 0.6 is 8.25 Å². The minimum Gasteiger partial charge on any atom is -0.394 e. The smallest absolute Gasteiger partial charge is 0.394 e. The standard InChI is InChI=1S/C11H16N5O6P/c1-15-4-16(9-8(15)10(18)14-11(12)13-9)7-2-5(22-23(19)20)6(3-17)21-7/h5-7,17H,2-4H2,1H3,(H3-,12,13,14,18,19,20)/p+1/t5-,6+,7+/m0/s1. The molecule has 0 bridgehead atoms. The Labute approximate surface area is 131 Å². The normalized spacial score (nSPS) is 27.4. The molecular formula is C11H17N5O6P+. The van der Waals surface area contributed by atoms with E-state index in [2.05, 4.69) is 9.97 Å². The molecular weight excluding hydrogens is 329 g/mol. The SMILES string of the molecule is CN1CN([C@H]2C[C@H](O[P+](=O)O)[C@@H](CO)O2)c2nc(N)[nH]c(=O)c21. The minimum absolute atomic E-state index is 0.0167. The fraction of sp³-hybridized carbons (Fsp3) is 0.636. The largest absolute Gasteiger partial charge is 0.695 e. The summed E-state index contributed by atoms with van der Waals surface area (Å²) < 4.78 is 21.5. The van der Waals surface area contributed by atoms with Crippen molar-refractivity contribution in [3.63, 3.8) is 0 Å². The van der Waals surface area contributed by atoms with Crippen LogP contribution < -0.4 is 21.1 Å². The van der Waals surface area contributed by atoms with Gasteiger partial charge in [-0.25, -0.2) is 0 Å². The van der Waals surface area contributed by atoms with Crippen molar-refractivity contribution < 1.29 is 23.8 Å². The second kappa shape index (κ2) is 6.02. The van der Waals surface area contributed by atoms with Gasteiger partial charge in [0.2, 0.25) is 5.95 Å². The van der Waals surface area contributed by atoms with E-state index in [4.69, 9.17) is 19.9 Å². The highest BCUT2D eigenvalue weighted by atomic mass is 31.1. The summed E-state index contributed by atoms with van der Waals surface area (Å²) in [6.07, 6.45) is -1.79. The van der Waals surface area contributed by atoms with Crippen molar-refractivity contribution in [1.29, 1.82) is 0 Å². The summed E-state index contributed by atoms with van der Waals surface area (Å²) in [4.78, 5) is 30.9. The number of nitrogen functional groups attached to an aromatic ring is 1. The number of fused-ring (bicyclic) bond motifs is 1. The molecule has 1 fully saturated rings. The highest BCUT2D eigenvalue weighted by Crippen LogP contribution is 2.38. The zero-order valence-corrected chi connectivity index (χ0v) is 13.1. The van der Waals surface area contributed by atoms with Gasteiger partial charge in [-0.3, -0.25) is 9.78 Å². The van der Waals surface area contributed by atoms with Crippen LogP contribution in [0.25, 0.3) is 0 Å². The van der Waals surface area contributed by atoms with Gasteiger partial charge in [0.25, 0.3) is 5.56 Å². The molecule has 0 radical (unpaired) electrons. The number of aromatic amines is 1. The van der Waals surface area contributed by atoms with E-state index in [1.165, 1.54) is 0 Å². The number of H-pyrrole nitrogens is 1. The van der Waals surface area contributed by atoms with Crippen LogP contribution in [-0.2, 0) is 13.8 Å². The summed E-state index contributed by atoms with van der Waals surface area (Å²) in [7, 11) is -1.08. The monoisotopic (exact) mass is 346 g/mol. The van der Waals surface area contributed by atoms with E-state index < -0.39 is 26.7 Å². The first-order valence-electron chi connectivity index (χ1n) is 6.87. The lowest BCUT2D eigenvalue weighted by atomic mass is 10.2. The second-order valence-corrected chi connectivity index (χ2v) is 6.05. The van der Waals surface area contributed by atoms with E-state index in [0.717, 1.165) is 0 Å². The van der Waals surface area contributed by atoms with Crippen molar-refractivity contribution in [2.45, 2.75) is 24.9 Å². The van der Waals surface area contributed by atoms with Gasteiger partial charge in [0.15, 0.2) is 5.82 Å². The lowest BCUT2D eigenvalue weighted by molar-refractivity contribution is -0.0167. The van der Waals surface area contributed by atoms with Crippen LogP contribution in [0.5, 0.6) is 0 Å². The molecule has 126 valence electrons. The van der Waals surface area contributed by atoms with Crippen molar-refractivity contribution in [1.82, 2.24) is 9.97 Å². The van der Waals surface area contributed by atoms with Gasteiger partial charge in [-0.2, -0.15) is 4.98 Å². The number of aliphatic hydroxyl groups is 1. The average molecular weight is 346 g/mol. The molecule has 2 aliphatic heterocycles. The lowest BCUT2D eigenvalue weighted by Gasteiger charge is -2.25. The number of nitrogens with two attached hydrogens (primary N) is 1. The molecule has 3 heterocycles. The maximum absolute atomic E-state index is 12.0. The first-order chi connectivity index (χ1) is 10.9. The van der Waals surface area contributed by atoms with Gasteiger partial charge in [0.05, 0.1) is 13.3 Å². The second-order valence-electron chi connectivity index (χ2n) is 5.36. The fourth-order valence-electron chi connectivity index (χ4n) is 2.89. The first kappa shape index (κ1) is 16.1. The van der Waals surface area contributed by atoms with Crippen LogP contribution in [0, 0.1) is 0 Å². The highest BCUT2D eigenvalue weighted by Gasteiger charge is 2.46. The molecule has 23 heavy (non-hydrogen) atoms. The van der Waals surface area contributed by atoms with Gasteiger partial charge < -0.3 is 25.4 Å². The Hall–Kier alpha value is -1.78. The Morgan fingerprint density at radius 3 is 3.00 bits per heavy atom. The molecule has 1 aromatic heterocycles. The maximum Gasteiger partial charge on any atom is 0.695 e. The molecule has 5 N–H and O–H groups in total. The molecule has 11 nitrogen and oxygen atoms in total. The van der Waals surface area contributed by atoms with Gasteiger partial charge in [-0.15, -0.1) is 9.42 Å². The van der Waals surface area contributed by atoms with Crippen LogP contribution in [0.4, 0.5) is 17.5 Å². The summed E-state index contributed by atoms with van der Waals surface area (Å²) in [5.74, 6) is 0.349. The Kier molecular flexibility index (Phi) is 4.21. The summed E-state index contributed by atoms with van der Waals surface area (Å²) in [5.41, 5.74) is 5.60. The lowest BCUT2D eigenvalue weighted by Crippen LogP contribution is -2.38. The van der Waals surface area contributed by atoms with Crippen LogP contribution in [0.1, 0.15) is 6.42 Å². The molecule has 0 aliphatic carbocycles. The fourth-order valence-corrected chi connectivity index (χ4v) is 3.35. The highest BCUT2D eigenvalue weighted by molar-refractivity contribution is 7.32. The Balaban J connectivity index is 1.87. The number of aliphatic hydroxyl groups excluding tert-OH is 1. The van der Waals surface area contributed by atoms with Gasteiger partial charge in [-0.1, -0.05) is 0 Å². The van der Waals surface area contributed by atoms with E-state index in [0.29, 0.717) is 18.2 Å². The number of nitrogens with zero attached hydrogens (tertiary/aromatic N) is 3. The van der Waals surface area contributed by atoms with Gasteiger partial charge in [0, 0.05) is 18.0 Å². The number of aromatic nitrogens is 2. The van der Waals surface area contributed by atoms with Crippen LogP contribution in [0.3, 0.4) is 0 Å². The van der Waals surface area contributed by atoms with E-state index in [1.54, 1.807) is 16.8 Å². The van der Waals surface area contributed by atoms with Gasteiger partial charge in [0.1, 0.15) is 24.1 Å². The summed E-state index contributed by atoms with van der Waals surface area (Å²) in [5, 5.41) is 9.34. The van der Waals surface area contributed by atoms with Crippen molar-refractivity contribution >= 4 is 25.7 Å². The molecule has 1 saturated heterocycles. The number of ether oxygens (including phenoxy) is 1. The van der Waals surface area contributed by atoms with Crippen molar-refractivity contribution in [2.75, 3.05) is 35.9 Å². The molecule has 0 saturated carbocycles. The van der Waals surface area contributed by atoms with Gasteiger partial charge in [-0.05, 0) is 0 Å². The van der Waals surface area contributed by atoms with E-state index in [-0.39, 0.29) is 24.5 Å². The molecule has 3 rings (SSSR count). The zero-order valence-electron chi connectivity index (χ0n) is 12.2. The zero-order chi connectivity index (χ0) is 16.7. The van der Waals surface area contributed by atoms with Gasteiger partial charge >= 0.3 is 8.25 Å². The van der Waals surface area contributed by atoms with Crippen LogP contribution in [0.15, 0.2) is 4.79 Å². The topological polar surface area (TPSA) is 154 Å². The van der Waals surface area contributed by atoms with Crippen molar-refractivity contribution in [3.8, 4) is 0 Å². The molecule has 4 atom stereocenters. The number of anilines is 3. The molecule has 0 amide bonds. The third kappa shape index (κ3) is 2.89. The number of hydrogen-bond donors (Lipinski definition) is 4. The van der Waals surface area contributed by atoms with E-state index >= 15 is 0 Å². The molecule has 0 spiro atoms. The summed E-state index contributed by atoms with van der Waals surface area (Å²) >= 11 is 0. The summed E-state index contributed by atoms with van der Waals surface area (Å²) in [6.45, 7) is -0.0263.